The third-order valence-electron chi connectivity index (χ3n) is 6.77. The highest BCUT2D eigenvalue weighted by molar-refractivity contribution is 5.52. The minimum atomic E-state index is 0.0553. The van der Waals surface area contributed by atoms with Crippen molar-refractivity contribution in [1.82, 2.24) is 9.48 Å². The molecule has 0 saturated carbocycles. The molecule has 2 atom stereocenters. The molecular formula is C30H33N6+. The molecule has 6 heteroatoms. The number of allylic oxidation sites excluding steroid dienone is 1. The van der Waals surface area contributed by atoms with E-state index >= 15 is 0 Å². The maximum Gasteiger partial charge on any atom is 0.234 e. The third kappa shape index (κ3) is 4.71. The van der Waals surface area contributed by atoms with Crippen LogP contribution < -0.4 is 20.2 Å². The van der Waals surface area contributed by atoms with E-state index in [1.807, 2.05) is 44.4 Å². The largest absolute Gasteiger partial charge is 0.378 e. The van der Waals surface area contributed by atoms with Crippen molar-refractivity contribution in [3.05, 3.63) is 107 Å². The smallest absolute Gasteiger partial charge is 0.234 e. The van der Waals surface area contributed by atoms with Gasteiger partial charge in [0.25, 0.3) is 0 Å². The molecule has 2 aliphatic rings. The highest BCUT2D eigenvalue weighted by Crippen LogP contribution is 2.25. The first-order chi connectivity index (χ1) is 17.6. The first-order valence-corrected chi connectivity index (χ1v) is 12.6. The highest BCUT2D eigenvalue weighted by atomic mass is 15.2. The number of azo groups is 1. The summed E-state index contributed by atoms with van der Waals surface area (Å²) in [4.78, 5) is 9.56. The average molecular weight is 478 g/mol. The van der Waals surface area contributed by atoms with Crippen LogP contribution in [-0.2, 0) is 0 Å². The van der Waals surface area contributed by atoms with Crippen LogP contribution in [0.4, 0.5) is 22.7 Å². The van der Waals surface area contributed by atoms with Crippen molar-refractivity contribution >= 4 is 22.7 Å². The summed E-state index contributed by atoms with van der Waals surface area (Å²) in [6.45, 7) is 6.35. The highest BCUT2D eigenvalue weighted by Gasteiger charge is 2.35. The van der Waals surface area contributed by atoms with Gasteiger partial charge in [0.1, 0.15) is 11.4 Å². The first-order valence-electron chi connectivity index (χ1n) is 12.6. The van der Waals surface area contributed by atoms with Crippen LogP contribution >= 0.6 is 0 Å². The number of hydrogen-bond donors (Lipinski definition) is 0. The minimum Gasteiger partial charge on any atom is -0.378 e. The lowest BCUT2D eigenvalue weighted by atomic mass is 9.97. The molecule has 1 heterocycles. The molecule has 0 aromatic heterocycles. The molecule has 0 amide bonds. The van der Waals surface area contributed by atoms with E-state index in [1.165, 1.54) is 5.70 Å². The van der Waals surface area contributed by atoms with Gasteiger partial charge in [-0.3, -0.25) is 4.99 Å². The molecule has 0 bridgehead atoms. The summed E-state index contributed by atoms with van der Waals surface area (Å²) in [6, 6.07) is 24.9. The Labute approximate surface area is 213 Å². The summed E-state index contributed by atoms with van der Waals surface area (Å²) in [7, 11) is 4.06. The van der Waals surface area contributed by atoms with Crippen LogP contribution in [0.2, 0.25) is 0 Å². The van der Waals surface area contributed by atoms with Crippen LogP contribution in [0.3, 0.4) is 0 Å². The Kier molecular flexibility index (Phi) is 6.76. The number of nitrogens with zero attached hydrogens (tertiary/aromatic N) is 6. The topological polar surface area (TPSA) is 46.6 Å². The number of hydrogen-bond acceptors (Lipinski definition) is 5. The van der Waals surface area contributed by atoms with Gasteiger partial charge in [0.15, 0.2) is 0 Å². The van der Waals surface area contributed by atoms with Crippen molar-refractivity contribution < 1.29 is 0 Å². The van der Waals surface area contributed by atoms with Gasteiger partial charge in [0.05, 0.1) is 11.4 Å². The Hall–Kier alpha value is -4.06. The number of benzene rings is 3. The SMILES string of the molecule is CCN(CC)C1=CC2C(C=C1)N=c1ccc(N=Nc3ccc(N(C)C)cc3)cc1=[N+]2c1ccccc1. The summed E-state index contributed by atoms with van der Waals surface area (Å²) < 4.78 is 2.39. The second-order valence-corrected chi connectivity index (χ2v) is 9.22. The lowest BCUT2D eigenvalue weighted by Gasteiger charge is -2.29. The zero-order valence-electron chi connectivity index (χ0n) is 21.4. The van der Waals surface area contributed by atoms with E-state index in [0.717, 1.165) is 46.6 Å². The molecule has 1 aliphatic carbocycles. The van der Waals surface area contributed by atoms with E-state index in [2.05, 4.69) is 99.1 Å². The van der Waals surface area contributed by atoms with Gasteiger partial charge < -0.3 is 9.80 Å². The molecule has 36 heavy (non-hydrogen) atoms. The summed E-state index contributed by atoms with van der Waals surface area (Å²) in [5.41, 5.74) is 5.16. The molecule has 0 saturated heterocycles. The van der Waals surface area contributed by atoms with Crippen molar-refractivity contribution in [1.29, 1.82) is 0 Å². The van der Waals surface area contributed by atoms with E-state index < -0.39 is 0 Å². The van der Waals surface area contributed by atoms with Crippen LogP contribution in [0.25, 0.3) is 0 Å². The molecule has 0 fully saturated rings. The van der Waals surface area contributed by atoms with Gasteiger partial charge in [0, 0.05) is 62.8 Å². The Morgan fingerprint density at radius 2 is 1.56 bits per heavy atom. The van der Waals surface area contributed by atoms with Crippen LogP contribution in [0.5, 0.6) is 0 Å². The van der Waals surface area contributed by atoms with Crippen molar-refractivity contribution in [2.75, 3.05) is 32.1 Å². The quantitative estimate of drug-likeness (QED) is 0.349. The molecule has 6 nitrogen and oxygen atoms in total. The normalized spacial score (nSPS) is 18.3. The van der Waals surface area contributed by atoms with E-state index in [0.29, 0.717) is 0 Å². The maximum atomic E-state index is 5.11. The minimum absolute atomic E-state index is 0.0553. The van der Waals surface area contributed by atoms with Crippen molar-refractivity contribution in [2.24, 2.45) is 15.2 Å². The molecule has 3 aromatic carbocycles. The number of anilines is 1. The number of para-hydroxylation sites is 1. The fourth-order valence-corrected chi connectivity index (χ4v) is 4.82. The van der Waals surface area contributed by atoms with E-state index in [4.69, 9.17) is 4.99 Å². The molecule has 5 rings (SSSR count). The summed E-state index contributed by atoms with van der Waals surface area (Å²) in [6.07, 6.45) is 6.82. The van der Waals surface area contributed by atoms with Gasteiger partial charge in [-0.1, -0.05) is 24.3 Å². The van der Waals surface area contributed by atoms with Crippen molar-refractivity contribution in [2.45, 2.75) is 25.9 Å². The van der Waals surface area contributed by atoms with Crippen LogP contribution in [0, 0.1) is 0 Å². The zero-order chi connectivity index (χ0) is 25.1. The monoisotopic (exact) mass is 477 g/mol. The van der Waals surface area contributed by atoms with Crippen molar-refractivity contribution in [3.8, 4) is 0 Å². The fraction of sp³-hybridized carbons (Fsp3) is 0.267. The van der Waals surface area contributed by atoms with Gasteiger partial charge in [-0.15, -0.1) is 0 Å². The Morgan fingerprint density at radius 3 is 2.25 bits per heavy atom. The first kappa shape index (κ1) is 23.7. The molecule has 2 unspecified atom stereocenters. The predicted octanol–water partition coefficient (Wildman–Crippen LogP) is 5.16. The molecule has 3 aromatic rings. The van der Waals surface area contributed by atoms with Crippen LogP contribution in [0.15, 0.2) is 112 Å². The van der Waals surface area contributed by atoms with Gasteiger partial charge in [-0.05, 0) is 56.3 Å². The second-order valence-electron chi connectivity index (χ2n) is 9.22. The Bertz CT molecular complexity index is 1430. The van der Waals surface area contributed by atoms with Gasteiger partial charge in [-0.25, -0.2) is 0 Å². The molecule has 0 spiro atoms. The average Bonchev–Trinajstić information content (AvgIpc) is 2.92. The van der Waals surface area contributed by atoms with E-state index in [-0.39, 0.29) is 12.1 Å². The number of likely N-dealkylation sites (N-methyl/N-ethyl adjacent to an activating group) is 1. The molecule has 0 N–H and O–H groups in total. The summed E-state index contributed by atoms with van der Waals surface area (Å²) in [5, 5.41) is 11.1. The lowest BCUT2D eigenvalue weighted by molar-refractivity contribution is 0.382. The zero-order valence-corrected chi connectivity index (χ0v) is 21.4. The predicted molar refractivity (Wildman–Crippen MR) is 147 cm³/mol. The van der Waals surface area contributed by atoms with Crippen LogP contribution in [-0.4, -0.2) is 44.2 Å². The maximum absolute atomic E-state index is 5.11. The second kappa shape index (κ2) is 10.3. The molecule has 1 aliphatic heterocycles. The Balaban J connectivity index is 1.60. The fourth-order valence-electron chi connectivity index (χ4n) is 4.82. The van der Waals surface area contributed by atoms with Crippen molar-refractivity contribution in [3.63, 3.8) is 0 Å². The summed E-state index contributed by atoms with van der Waals surface area (Å²) >= 11 is 0. The van der Waals surface area contributed by atoms with Gasteiger partial charge in [-0.2, -0.15) is 14.8 Å². The number of rotatable bonds is 7. The van der Waals surface area contributed by atoms with Gasteiger partial charge in [0.2, 0.25) is 17.1 Å². The third-order valence-corrected chi connectivity index (χ3v) is 6.77. The lowest BCUT2D eigenvalue weighted by Crippen LogP contribution is -2.52. The molecule has 0 radical (unpaired) electrons. The molecule has 182 valence electrons. The van der Waals surface area contributed by atoms with Crippen LogP contribution in [0.1, 0.15) is 13.8 Å². The Morgan fingerprint density at radius 1 is 0.861 bits per heavy atom. The molecular weight excluding hydrogens is 444 g/mol. The van der Waals surface area contributed by atoms with Gasteiger partial charge >= 0.3 is 0 Å². The number of fused-ring (bicyclic) bond motifs is 2. The standard InChI is InChI=1S/C30H33N6/c1-5-35(6-2)26-17-19-28-30(21-26)36(25-10-8-7-9-11-25)29-20-23(14-18-27(29)31-28)33-32-22-12-15-24(16-13-22)34(3)4/h7-21,28,30H,5-6H2,1-4H3/q+1. The van der Waals surface area contributed by atoms with E-state index in [9.17, 15) is 0 Å². The van der Waals surface area contributed by atoms with E-state index in [1.54, 1.807) is 0 Å². The summed E-state index contributed by atoms with van der Waals surface area (Å²) in [5.74, 6) is 0.